The molecule has 0 saturated carbocycles. The number of fused-ring (bicyclic) bond motifs is 1. The van der Waals surface area contributed by atoms with Gasteiger partial charge in [-0.05, 0) is 6.07 Å². The maximum Gasteiger partial charge on any atom is 0.237 e. The molecule has 0 atom stereocenters. The maximum absolute atomic E-state index is 12.4. The normalized spacial score (nSPS) is 19.9. The zero-order valence-electron chi connectivity index (χ0n) is 11.7. The van der Waals surface area contributed by atoms with E-state index in [1.165, 1.54) is 0 Å². The smallest absolute Gasteiger partial charge is 0.237 e. The second kappa shape index (κ2) is 6.24. The van der Waals surface area contributed by atoms with E-state index in [-0.39, 0.29) is 5.91 Å². The Morgan fingerprint density at radius 1 is 1.20 bits per heavy atom. The SMILES string of the molecule is O=C(CN1CCNCC1)N1CCOc2ccccc2C1. The number of nitrogens with zero attached hydrogens (tertiary/aromatic N) is 2. The van der Waals surface area contributed by atoms with Gasteiger partial charge in [-0.3, -0.25) is 9.69 Å². The van der Waals surface area contributed by atoms with E-state index in [2.05, 4.69) is 10.2 Å². The number of rotatable bonds is 2. The van der Waals surface area contributed by atoms with Gasteiger partial charge in [-0.15, -0.1) is 0 Å². The predicted octanol–water partition coefficient (Wildman–Crippen LogP) is 0.313. The fourth-order valence-corrected chi connectivity index (χ4v) is 2.70. The molecule has 0 bridgehead atoms. The first-order chi connectivity index (χ1) is 9.83. The van der Waals surface area contributed by atoms with Crippen LogP contribution in [0, 0.1) is 0 Å². The van der Waals surface area contributed by atoms with Crippen molar-refractivity contribution in [2.75, 3.05) is 45.9 Å². The standard InChI is InChI=1S/C15H21N3O2/c19-15(12-17-7-5-16-6-8-17)18-9-10-20-14-4-2-1-3-13(14)11-18/h1-4,16H,5-12H2. The summed E-state index contributed by atoms with van der Waals surface area (Å²) in [6, 6.07) is 7.97. The highest BCUT2D eigenvalue weighted by molar-refractivity contribution is 5.78. The van der Waals surface area contributed by atoms with Gasteiger partial charge < -0.3 is 15.0 Å². The average molecular weight is 275 g/mol. The van der Waals surface area contributed by atoms with Crippen LogP contribution in [0.15, 0.2) is 24.3 Å². The summed E-state index contributed by atoms with van der Waals surface area (Å²) in [5.74, 6) is 1.11. The zero-order chi connectivity index (χ0) is 13.8. The maximum atomic E-state index is 12.4. The molecule has 5 heteroatoms. The Labute approximate surface area is 119 Å². The van der Waals surface area contributed by atoms with Gasteiger partial charge in [0.1, 0.15) is 12.4 Å². The highest BCUT2D eigenvalue weighted by Gasteiger charge is 2.22. The summed E-state index contributed by atoms with van der Waals surface area (Å²) < 4.78 is 5.70. The van der Waals surface area contributed by atoms with Crippen molar-refractivity contribution in [1.82, 2.24) is 15.1 Å². The van der Waals surface area contributed by atoms with Crippen LogP contribution in [0.5, 0.6) is 5.75 Å². The molecule has 3 rings (SSSR count). The lowest BCUT2D eigenvalue weighted by Crippen LogP contribution is -2.48. The van der Waals surface area contributed by atoms with E-state index in [0.29, 0.717) is 26.2 Å². The number of hydrogen-bond acceptors (Lipinski definition) is 4. The Kier molecular flexibility index (Phi) is 4.18. The van der Waals surface area contributed by atoms with Crippen molar-refractivity contribution in [2.45, 2.75) is 6.54 Å². The van der Waals surface area contributed by atoms with Crippen molar-refractivity contribution in [3.8, 4) is 5.75 Å². The van der Waals surface area contributed by atoms with Crippen LogP contribution in [0.25, 0.3) is 0 Å². The average Bonchev–Trinajstić information content (AvgIpc) is 2.70. The number of carbonyl (C=O) groups is 1. The molecule has 2 aliphatic heterocycles. The molecule has 108 valence electrons. The van der Waals surface area contributed by atoms with Crippen molar-refractivity contribution < 1.29 is 9.53 Å². The first-order valence-electron chi connectivity index (χ1n) is 7.24. The molecule has 2 heterocycles. The number of para-hydroxylation sites is 1. The summed E-state index contributed by atoms with van der Waals surface area (Å²) in [5, 5.41) is 3.30. The van der Waals surface area contributed by atoms with E-state index >= 15 is 0 Å². The van der Waals surface area contributed by atoms with Gasteiger partial charge in [0.15, 0.2) is 0 Å². The number of piperazine rings is 1. The molecule has 1 saturated heterocycles. The van der Waals surface area contributed by atoms with Crippen LogP contribution in [0.2, 0.25) is 0 Å². The number of hydrogen-bond donors (Lipinski definition) is 1. The number of amides is 1. The number of nitrogens with one attached hydrogen (secondary N) is 1. The van der Waals surface area contributed by atoms with Gasteiger partial charge in [0.25, 0.3) is 0 Å². The fourth-order valence-electron chi connectivity index (χ4n) is 2.70. The van der Waals surface area contributed by atoms with Gasteiger partial charge in [-0.2, -0.15) is 0 Å². The number of carbonyl (C=O) groups excluding carboxylic acids is 1. The topological polar surface area (TPSA) is 44.8 Å². The second-order valence-corrected chi connectivity index (χ2v) is 5.30. The molecular weight excluding hydrogens is 254 g/mol. The first kappa shape index (κ1) is 13.4. The third-order valence-electron chi connectivity index (χ3n) is 3.87. The number of ether oxygens (including phenoxy) is 1. The van der Waals surface area contributed by atoms with E-state index in [9.17, 15) is 4.79 Å². The summed E-state index contributed by atoms with van der Waals surface area (Å²) in [4.78, 5) is 16.6. The third-order valence-corrected chi connectivity index (χ3v) is 3.87. The lowest BCUT2D eigenvalue weighted by molar-refractivity contribution is -0.133. The highest BCUT2D eigenvalue weighted by atomic mass is 16.5. The fraction of sp³-hybridized carbons (Fsp3) is 0.533. The molecule has 5 nitrogen and oxygen atoms in total. The minimum absolute atomic E-state index is 0.201. The van der Waals surface area contributed by atoms with Crippen LogP contribution in [0.1, 0.15) is 5.56 Å². The molecule has 1 aromatic carbocycles. The molecule has 0 unspecified atom stereocenters. The van der Waals surface area contributed by atoms with Crippen molar-refractivity contribution >= 4 is 5.91 Å². The van der Waals surface area contributed by atoms with Crippen molar-refractivity contribution in [3.05, 3.63) is 29.8 Å². The Bertz CT molecular complexity index is 472. The van der Waals surface area contributed by atoms with Crippen LogP contribution in [-0.4, -0.2) is 61.6 Å². The summed E-state index contributed by atoms with van der Waals surface area (Å²) in [6.45, 7) is 6.26. The zero-order valence-corrected chi connectivity index (χ0v) is 11.7. The van der Waals surface area contributed by atoms with Crippen LogP contribution < -0.4 is 10.1 Å². The van der Waals surface area contributed by atoms with E-state index in [1.54, 1.807) is 0 Å². The summed E-state index contributed by atoms with van der Waals surface area (Å²) in [6.07, 6.45) is 0. The molecule has 1 amide bonds. The van der Waals surface area contributed by atoms with Crippen LogP contribution in [0.3, 0.4) is 0 Å². The van der Waals surface area contributed by atoms with Crippen molar-refractivity contribution in [3.63, 3.8) is 0 Å². The summed E-state index contributed by atoms with van der Waals surface area (Å²) in [7, 11) is 0. The molecule has 0 spiro atoms. The van der Waals surface area contributed by atoms with Gasteiger partial charge in [0, 0.05) is 38.3 Å². The Balaban J connectivity index is 1.63. The molecule has 1 aromatic rings. The second-order valence-electron chi connectivity index (χ2n) is 5.30. The monoisotopic (exact) mass is 275 g/mol. The molecule has 1 fully saturated rings. The van der Waals surface area contributed by atoms with E-state index in [0.717, 1.165) is 37.5 Å². The minimum atomic E-state index is 0.201. The predicted molar refractivity (Wildman–Crippen MR) is 76.7 cm³/mol. The molecule has 2 aliphatic rings. The quantitative estimate of drug-likeness (QED) is 0.844. The summed E-state index contributed by atoms with van der Waals surface area (Å²) in [5.41, 5.74) is 1.10. The first-order valence-corrected chi connectivity index (χ1v) is 7.24. The molecule has 0 aromatic heterocycles. The minimum Gasteiger partial charge on any atom is -0.491 e. The molecule has 20 heavy (non-hydrogen) atoms. The lowest BCUT2D eigenvalue weighted by Gasteiger charge is -2.29. The molecule has 0 radical (unpaired) electrons. The van der Waals surface area contributed by atoms with Gasteiger partial charge in [0.05, 0.1) is 13.1 Å². The highest BCUT2D eigenvalue weighted by Crippen LogP contribution is 2.22. The van der Waals surface area contributed by atoms with Crippen LogP contribution >= 0.6 is 0 Å². The Morgan fingerprint density at radius 2 is 2.00 bits per heavy atom. The lowest BCUT2D eigenvalue weighted by atomic mass is 10.2. The Morgan fingerprint density at radius 3 is 2.85 bits per heavy atom. The van der Waals surface area contributed by atoms with Crippen LogP contribution in [0.4, 0.5) is 0 Å². The number of benzene rings is 1. The van der Waals surface area contributed by atoms with Crippen molar-refractivity contribution in [1.29, 1.82) is 0 Å². The van der Waals surface area contributed by atoms with Gasteiger partial charge in [-0.1, -0.05) is 18.2 Å². The van der Waals surface area contributed by atoms with E-state index in [4.69, 9.17) is 4.74 Å². The van der Waals surface area contributed by atoms with Gasteiger partial charge >= 0.3 is 0 Å². The van der Waals surface area contributed by atoms with Gasteiger partial charge in [0.2, 0.25) is 5.91 Å². The third kappa shape index (κ3) is 3.11. The summed E-state index contributed by atoms with van der Waals surface area (Å²) >= 11 is 0. The van der Waals surface area contributed by atoms with Crippen molar-refractivity contribution in [2.24, 2.45) is 0 Å². The molecular formula is C15H21N3O2. The van der Waals surface area contributed by atoms with Gasteiger partial charge in [-0.25, -0.2) is 0 Å². The van der Waals surface area contributed by atoms with E-state index in [1.807, 2.05) is 29.2 Å². The van der Waals surface area contributed by atoms with E-state index < -0.39 is 0 Å². The molecule has 1 N–H and O–H groups in total. The van der Waals surface area contributed by atoms with Crippen LogP contribution in [-0.2, 0) is 11.3 Å². The largest absolute Gasteiger partial charge is 0.491 e. The molecule has 0 aliphatic carbocycles. The Hall–Kier alpha value is -1.59.